The molecule has 0 aliphatic carbocycles. The van der Waals surface area contributed by atoms with Gasteiger partial charge in [0.1, 0.15) is 0 Å². The summed E-state index contributed by atoms with van der Waals surface area (Å²) in [4.78, 5) is 0. The van der Waals surface area contributed by atoms with Gasteiger partial charge in [0.05, 0.1) is 12.1 Å². The van der Waals surface area contributed by atoms with Crippen molar-refractivity contribution in [2.75, 3.05) is 23.4 Å². The first-order valence-electron chi connectivity index (χ1n) is 6.21. The fourth-order valence-electron chi connectivity index (χ4n) is 2.36. The second kappa shape index (κ2) is 5.43. The lowest BCUT2D eigenvalue weighted by atomic mass is 9.71. The van der Waals surface area contributed by atoms with Crippen molar-refractivity contribution in [1.82, 2.24) is 0 Å². The van der Waals surface area contributed by atoms with Crippen LogP contribution in [0, 0.1) is 5.41 Å². The molecule has 1 aromatic carbocycles. The van der Waals surface area contributed by atoms with E-state index in [0.717, 1.165) is 22.3 Å². The van der Waals surface area contributed by atoms with Gasteiger partial charge in [-0.25, -0.2) is 0 Å². The lowest BCUT2D eigenvalue weighted by Gasteiger charge is -2.50. The fourth-order valence-corrected chi connectivity index (χ4v) is 4.46. The Balaban J connectivity index is 2.27. The lowest BCUT2D eigenvalue weighted by molar-refractivity contribution is 0.110. The fraction of sp³-hybridized carbons (Fsp3) is 0.571. The monoisotopic (exact) mass is 329 g/mol. The lowest BCUT2D eigenvalue weighted by Crippen LogP contribution is -2.58. The minimum absolute atomic E-state index is 0.0926. The Morgan fingerprint density at radius 3 is 2.83 bits per heavy atom. The first-order valence-corrected chi connectivity index (χ1v) is 8.16. The molecule has 2 rings (SSSR count). The number of benzene rings is 1. The summed E-state index contributed by atoms with van der Waals surface area (Å²) >= 11 is 5.41. The number of hydrogen-bond acceptors (Lipinski definition) is 3. The van der Waals surface area contributed by atoms with Gasteiger partial charge in [0.15, 0.2) is 0 Å². The Bertz CT molecular complexity index is 424. The number of rotatable bonds is 3. The summed E-state index contributed by atoms with van der Waals surface area (Å²) in [5.41, 5.74) is 0.917. The van der Waals surface area contributed by atoms with Crippen LogP contribution in [0.1, 0.15) is 20.3 Å². The number of aliphatic hydroxyl groups is 1. The zero-order chi connectivity index (χ0) is 13.2. The number of anilines is 1. The highest BCUT2D eigenvalue weighted by Gasteiger charge is 2.46. The molecule has 1 fully saturated rings. The first kappa shape index (κ1) is 14.2. The standard InChI is InChI=1S/C14H20BrNOS/c1-13(2)6-7-18-10-14(13,9-17)16-12-5-3-4-11(15)8-12/h3-5,8,16-17H,6-7,9-10H2,1-2H3. The van der Waals surface area contributed by atoms with Crippen LogP contribution >= 0.6 is 27.7 Å². The molecule has 0 radical (unpaired) electrons. The number of aliphatic hydroxyl groups excluding tert-OH is 1. The molecule has 0 spiro atoms. The number of nitrogens with one attached hydrogen (secondary N) is 1. The van der Waals surface area contributed by atoms with E-state index in [1.807, 2.05) is 23.9 Å². The Morgan fingerprint density at radius 1 is 1.44 bits per heavy atom. The molecule has 18 heavy (non-hydrogen) atoms. The Hall–Kier alpha value is -0.190. The van der Waals surface area contributed by atoms with Gasteiger partial charge in [-0.3, -0.25) is 0 Å². The summed E-state index contributed by atoms with van der Waals surface area (Å²) in [6, 6.07) is 8.14. The van der Waals surface area contributed by atoms with E-state index in [-0.39, 0.29) is 17.6 Å². The minimum atomic E-state index is -0.239. The van der Waals surface area contributed by atoms with Crippen LogP contribution in [0.2, 0.25) is 0 Å². The molecule has 2 N–H and O–H groups in total. The van der Waals surface area contributed by atoms with Crippen LogP contribution in [0.25, 0.3) is 0 Å². The molecule has 1 aliphatic rings. The van der Waals surface area contributed by atoms with Crippen LogP contribution in [0.4, 0.5) is 5.69 Å². The van der Waals surface area contributed by atoms with Gasteiger partial charge in [-0.2, -0.15) is 11.8 Å². The van der Waals surface area contributed by atoms with Crippen LogP contribution in [0.5, 0.6) is 0 Å². The molecule has 2 nitrogen and oxygen atoms in total. The van der Waals surface area contributed by atoms with Crippen LogP contribution in [-0.4, -0.2) is 28.8 Å². The number of halogens is 1. The summed E-state index contributed by atoms with van der Waals surface area (Å²) in [7, 11) is 0. The summed E-state index contributed by atoms with van der Waals surface area (Å²) in [6.07, 6.45) is 1.12. The molecule has 1 aromatic rings. The largest absolute Gasteiger partial charge is 0.394 e. The smallest absolute Gasteiger partial charge is 0.0744 e. The van der Waals surface area contributed by atoms with E-state index in [1.165, 1.54) is 5.75 Å². The van der Waals surface area contributed by atoms with Crippen molar-refractivity contribution in [3.8, 4) is 0 Å². The number of thioether (sulfide) groups is 1. The van der Waals surface area contributed by atoms with Gasteiger partial charge in [0.2, 0.25) is 0 Å². The molecule has 1 atom stereocenters. The van der Waals surface area contributed by atoms with Gasteiger partial charge in [-0.1, -0.05) is 35.8 Å². The normalized spacial score (nSPS) is 26.9. The van der Waals surface area contributed by atoms with Crippen LogP contribution in [-0.2, 0) is 0 Å². The van der Waals surface area contributed by atoms with Crippen LogP contribution < -0.4 is 5.32 Å². The highest BCUT2D eigenvalue weighted by atomic mass is 79.9. The van der Waals surface area contributed by atoms with Crippen molar-refractivity contribution in [2.24, 2.45) is 5.41 Å². The Morgan fingerprint density at radius 2 is 2.22 bits per heavy atom. The molecule has 100 valence electrons. The molecule has 1 heterocycles. The van der Waals surface area contributed by atoms with E-state index in [4.69, 9.17) is 0 Å². The summed E-state index contributed by atoms with van der Waals surface area (Å²) < 4.78 is 1.06. The second-order valence-electron chi connectivity index (χ2n) is 5.56. The van der Waals surface area contributed by atoms with E-state index >= 15 is 0 Å². The van der Waals surface area contributed by atoms with Gasteiger partial charge in [0.25, 0.3) is 0 Å². The third-order valence-corrected chi connectivity index (χ3v) is 5.68. The molecular formula is C14H20BrNOS. The van der Waals surface area contributed by atoms with Crippen molar-refractivity contribution in [3.05, 3.63) is 28.7 Å². The molecule has 0 aromatic heterocycles. The first-order chi connectivity index (χ1) is 8.49. The molecule has 1 unspecified atom stereocenters. The molecular weight excluding hydrogens is 310 g/mol. The topological polar surface area (TPSA) is 32.3 Å². The minimum Gasteiger partial charge on any atom is -0.394 e. The molecule has 4 heteroatoms. The van der Waals surface area contributed by atoms with Crippen molar-refractivity contribution in [2.45, 2.75) is 25.8 Å². The van der Waals surface area contributed by atoms with E-state index in [9.17, 15) is 5.11 Å². The van der Waals surface area contributed by atoms with Crippen molar-refractivity contribution < 1.29 is 5.11 Å². The molecule has 0 bridgehead atoms. The van der Waals surface area contributed by atoms with E-state index in [1.54, 1.807) is 0 Å². The quantitative estimate of drug-likeness (QED) is 0.885. The van der Waals surface area contributed by atoms with Crippen molar-refractivity contribution >= 4 is 33.4 Å². The summed E-state index contributed by atoms with van der Waals surface area (Å²) in [6.45, 7) is 4.65. The van der Waals surface area contributed by atoms with Gasteiger partial charge >= 0.3 is 0 Å². The van der Waals surface area contributed by atoms with E-state index in [2.05, 4.69) is 47.2 Å². The van der Waals surface area contributed by atoms with Crippen LogP contribution in [0.15, 0.2) is 28.7 Å². The molecule has 1 saturated heterocycles. The molecule has 0 amide bonds. The summed E-state index contributed by atoms with van der Waals surface area (Å²) in [5.74, 6) is 2.12. The third kappa shape index (κ3) is 2.70. The zero-order valence-electron chi connectivity index (χ0n) is 10.9. The maximum Gasteiger partial charge on any atom is 0.0744 e. The highest BCUT2D eigenvalue weighted by molar-refractivity contribution is 9.10. The molecule has 1 aliphatic heterocycles. The molecule has 0 saturated carbocycles. The SMILES string of the molecule is CC1(C)CCSCC1(CO)Nc1cccc(Br)c1. The van der Waals surface area contributed by atoms with E-state index < -0.39 is 0 Å². The Labute approximate surface area is 122 Å². The average Bonchev–Trinajstić information content (AvgIpc) is 2.32. The number of hydrogen-bond donors (Lipinski definition) is 2. The predicted octanol–water partition coefficient (Wildman–Crippen LogP) is 3.76. The average molecular weight is 330 g/mol. The van der Waals surface area contributed by atoms with Crippen molar-refractivity contribution in [1.29, 1.82) is 0 Å². The second-order valence-corrected chi connectivity index (χ2v) is 7.58. The van der Waals surface area contributed by atoms with Crippen molar-refractivity contribution in [3.63, 3.8) is 0 Å². The van der Waals surface area contributed by atoms with Gasteiger partial charge in [0, 0.05) is 15.9 Å². The van der Waals surface area contributed by atoms with E-state index in [0.29, 0.717) is 0 Å². The maximum absolute atomic E-state index is 9.92. The van der Waals surface area contributed by atoms with Gasteiger partial charge in [-0.05, 0) is 35.8 Å². The Kier molecular flexibility index (Phi) is 4.29. The summed E-state index contributed by atoms with van der Waals surface area (Å²) in [5, 5.41) is 13.5. The third-order valence-electron chi connectivity index (χ3n) is 3.99. The maximum atomic E-state index is 9.92. The zero-order valence-corrected chi connectivity index (χ0v) is 13.3. The van der Waals surface area contributed by atoms with Crippen LogP contribution in [0.3, 0.4) is 0 Å². The van der Waals surface area contributed by atoms with Gasteiger partial charge in [-0.15, -0.1) is 0 Å². The predicted molar refractivity (Wildman–Crippen MR) is 83.3 cm³/mol. The van der Waals surface area contributed by atoms with Gasteiger partial charge < -0.3 is 10.4 Å². The highest BCUT2D eigenvalue weighted by Crippen LogP contribution is 2.44.